The van der Waals surface area contributed by atoms with E-state index in [1.165, 1.54) is 18.3 Å². The Morgan fingerprint density at radius 2 is 1.81 bits per heavy atom. The second kappa shape index (κ2) is 6.85. The van der Waals surface area contributed by atoms with Crippen molar-refractivity contribution < 1.29 is 19.0 Å². The molecule has 1 fully saturated rings. The minimum absolute atomic E-state index is 0.160. The first kappa shape index (κ1) is 17.2. The van der Waals surface area contributed by atoms with E-state index in [0.717, 1.165) is 24.8 Å². The average molecular weight is 368 g/mol. The van der Waals surface area contributed by atoms with Crippen LogP contribution in [0.2, 0.25) is 0 Å². The zero-order valence-electron chi connectivity index (χ0n) is 14.4. The van der Waals surface area contributed by atoms with Gasteiger partial charge in [-0.15, -0.1) is 0 Å². The van der Waals surface area contributed by atoms with Crippen molar-refractivity contribution >= 4 is 22.6 Å². The lowest BCUT2D eigenvalue weighted by Gasteiger charge is -2.29. The zero-order valence-corrected chi connectivity index (χ0v) is 14.4. The molecular weight excluding hydrogens is 351 g/mol. The molecule has 4 rings (SSSR count). The maximum Gasteiger partial charge on any atom is 0.341 e. The van der Waals surface area contributed by atoms with Gasteiger partial charge in [-0.3, -0.25) is 4.79 Å². The Labute approximate surface area is 154 Å². The van der Waals surface area contributed by atoms with Crippen LogP contribution in [0.1, 0.15) is 10.4 Å². The number of benzene rings is 2. The number of carbonyl (C=O) groups is 1. The lowest BCUT2D eigenvalue weighted by molar-refractivity contribution is 0.0695. The molecule has 0 atom stereocenters. The van der Waals surface area contributed by atoms with Crippen LogP contribution >= 0.6 is 0 Å². The average Bonchev–Trinajstić information content (AvgIpc) is 2.68. The van der Waals surface area contributed by atoms with Crippen molar-refractivity contribution in [2.24, 2.45) is 0 Å². The smallest absolute Gasteiger partial charge is 0.341 e. The van der Waals surface area contributed by atoms with Gasteiger partial charge in [-0.05, 0) is 36.4 Å². The first-order valence-corrected chi connectivity index (χ1v) is 8.56. The van der Waals surface area contributed by atoms with E-state index in [2.05, 4.69) is 4.90 Å². The standard InChI is InChI=1S/C20H17FN2O4/c21-13-4-5-16-18(10-13)23(12-17(19(16)24)20(25)26)15-3-1-2-14(11-15)22-6-8-27-9-7-22/h1-5,10-12H,6-9H2,(H,25,26). The number of anilines is 1. The Bertz CT molecular complexity index is 1090. The molecule has 2 heterocycles. The molecule has 138 valence electrons. The van der Waals surface area contributed by atoms with E-state index in [9.17, 15) is 19.1 Å². The van der Waals surface area contributed by atoms with Crippen molar-refractivity contribution in [3.8, 4) is 5.69 Å². The second-order valence-electron chi connectivity index (χ2n) is 6.33. The number of ether oxygens (including phenoxy) is 1. The number of hydrogen-bond donors (Lipinski definition) is 1. The first-order valence-electron chi connectivity index (χ1n) is 8.56. The monoisotopic (exact) mass is 368 g/mol. The lowest BCUT2D eigenvalue weighted by Crippen LogP contribution is -2.36. The Kier molecular flexibility index (Phi) is 4.37. The number of aromatic carboxylic acids is 1. The molecule has 1 aromatic heterocycles. The third kappa shape index (κ3) is 3.17. The van der Waals surface area contributed by atoms with Gasteiger partial charge in [0.1, 0.15) is 11.4 Å². The quantitative estimate of drug-likeness (QED) is 0.770. The van der Waals surface area contributed by atoms with Gasteiger partial charge in [0.15, 0.2) is 0 Å². The fraction of sp³-hybridized carbons (Fsp3) is 0.200. The first-order chi connectivity index (χ1) is 13.0. The fourth-order valence-corrected chi connectivity index (χ4v) is 3.33. The normalized spacial score (nSPS) is 14.5. The third-order valence-electron chi connectivity index (χ3n) is 4.68. The molecule has 0 saturated carbocycles. The summed E-state index contributed by atoms with van der Waals surface area (Å²) in [6, 6.07) is 11.2. The molecule has 0 amide bonds. The van der Waals surface area contributed by atoms with E-state index in [0.29, 0.717) is 24.4 Å². The third-order valence-corrected chi connectivity index (χ3v) is 4.68. The Morgan fingerprint density at radius 1 is 1.07 bits per heavy atom. The summed E-state index contributed by atoms with van der Waals surface area (Å²) in [6.45, 7) is 2.78. The lowest BCUT2D eigenvalue weighted by atomic mass is 10.1. The van der Waals surface area contributed by atoms with Gasteiger partial charge in [-0.25, -0.2) is 9.18 Å². The molecule has 6 nitrogen and oxygen atoms in total. The van der Waals surface area contributed by atoms with Gasteiger partial charge in [-0.1, -0.05) is 6.07 Å². The summed E-state index contributed by atoms with van der Waals surface area (Å²) in [5.41, 5.74) is 0.945. The van der Waals surface area contributed by atoms with Crippen LogP contribution in [0.4, 0.5) is 10.1 Å². The SMILES string of the molecule is O=C(O)c1cn(-c2cccc(N3CCOCC3)c2)c2cc(F)ccc2c1=O. The minimum Gasteiger partial charge on any atom is -0.477 e. The number of pyridine rings is 1. The van der Waals surface area contributed by atoms with Crippen LogP contribution in [0.3, 0.4) is 0 Å². The van der Waals surface area contributed by atoms with Gasteiger partial charge in [0.2, 0.25) is 5.43 Å². The Morgan fingerprint density at radius 3 is 2.56 bits per heavy atom. The molecule has 1 aliphatic heterocycles. The molecule has 0 unspecified atom stereocenters. The van der Waals surface area contributed by atoms with Crippen LogP contribution in [-0.4, -0.2) is 41.9 Å². The van der Waals surface area contributed by atoms with E-state index in [4.69, 9.17) is 4.74 Å². The highest BCUT2D eigenvalue weighted by molar-refractivity contribution is 5.93. The van der Waals surface area contributed by atoms with Gasteiger partial charge < -0.3 is 19.3 Å². The number of aromatic nitrogens is 1. The number of hydrogen-bond acceptors (Lipinski definition) is 4. The molecule has 27 heavy (non-hydrogen) atoms. The van der Waals surface area contributed by atoms with E-state index < -0.39 is 17.2 Å². The maximum absolute atomic E-state index is 13.8. The zero-order chi connectivity index (χ0) is 19.0. The van der Waals surface area contributed by atoms with Gasteiger partial charge in [0.25, 0.3) is 0 Å². The van der Waals surface area contributed by atoms with Crippen LogP contribution in [0.25, 0.3) is 16.6 Å². The van der Waals surface area contributed by atoms with Gasteiger partial charge in [-0.2, -0.15) is 0 Å². The maximum atomic E-state index is 13.8. The van der Waals surface area contributed by atoms with Crippen LogP contribution in [-0.2, 0) is 4.74 Å². The van der Waals surface area contributed by atoms with Crippen LogP contribution in [0, 0.1) is 5.82 Å². The molecular formula is C20H17FN2O4. The highest BCUT2D eigenvalue weighted by Crippen LogP contribution is 2.23. The summed E-state index contributed by atoms with van der Waals surface area (Å²) >= 11 is 0. The van der Waals surface area contributed by atoms with Crippen molar-refractivity contribution in [3.05, 3.63) is 70.3 Å². The predicted octanol–water partition coefficient (Wildman–Crippen LogP) is 2.66. The van der Waals surface area contributed by atoms with Gasteiger partial charge in [0, 0.05) is 36.0 Å². The summed E-state index contributed by atoms with van der Waals surface area (Å²) in [6.07, 6.45) is 1.25. The molecule has 0 radical (unpaired) electrons. The molecule has 1 saturated heterocycles. The number of carboxylic acids is 1. The Balaban J connectivity index is 1.93. The molecule has 0 aliphatic carbocycles. The number of fused-ring (bicyclic) bond motifs is 1. The number of rotatable bonds is 3. The summed E-state index contributed by atoms with van der Waals surface area (Å²) in [5, 5.41) is 9.56. The number of halogens is 1. The van der Waals surface area contributed by atoms with Crippen molar-refractivity contribution in [3.63, 3.8) is 0 Å². The topological polar surface area (TPSA) is 71.8 Å². The second-order valence-corrected chi connectivity index (χ2v) is 6.33. The molecule has 2 aromatic carbocycles. The highest BCUT2D eigenvalue weighted by Gasteiger charge is 2.17. The van der Waals surface area contributed by atoms with E-state index >= 15 is 0 Å². The van der Waals surface area contributed by atoms with E-state index in [1.807, 2.05) is 18.2 Å². The summed E-state index contributed by atoms with van der Waals surface area (Å²) in [4.78, 5) is 26.1. The largest absolute Gasteiger partial charge is 0.477 e. The molecule has 7 heteroatoms. The molecule has 1 aliphatic rings. The number of morpholine rings is 1. The van der Waals surface area contributed by atoms with E-state index in [1.54, 1.807) is 10.6 Å². The van der Waals surface area contributed by atoms with Crippen molar-refractivity contribution in [2.45, 2.75) is 0 Å². The molecule has 3 aromatic rings. The van der Waals surface area contributed by atoms with Crippen molar-refractivity contribution in [2.75, 3.05) is 31.2 Å². The number of nitrogens with zero attached hydrogens (tertiary/aromatic N) is 2. The fourth-order valence-electron chi connectivity index (χ4n) is 3.33. The van der Waals surface area contributed by atoms with Crippen LogP contribution in [0.15, 0.2) is 53.5 Å². The summed E-state index contributed by atoms with van der Waals surface area (Å²) in [7, 11) is 0. The van der Waals surface area contributed by atoms with E-state index in [-0.39, 0.29) is 10.9 Å². The minimum atomic E-state index is -1.32. The summed E-state index contributed by atoms with van der Waals surface area (Å²) < 4.78 is 20.8. The highest BCUT2D eigenvalue weighted by atomic mass is 19.1. The Hall–Kier alpha value is -3.19. The summed E-state index contributed by atoms with van der Waals surface area (Å²) in [5.74, 6) is -1.81. The van der Waals surface area contributed by atoms with Gasteiger partial charge >= 0.3 is 5.97 Å². The van der Waals surface area contributed by atoms with Crippen molar-refractivity contribution in [1.29, 1.82) is 0 Å². The molecule has 1 N–H and O–H groups in total. The van der Waals surface area contributed by atoms with Gasteiger partial charge in [0.05, 0.1) is 18.7 Å². The van der Waals surface area contributed by atoms with Crippen molar-refractivity contribution in [1.82, 2.24) is 4.57 Å². The predicted molar refractivity (Wildman–Crippen MR) is 99.5 cm³/mol. The molecule has 0 bridgehead atoms. The molecule has 0 spiro atoms. The number of carboxylic acid groups (broad SMARTS) is 1. The van der Waals surface area contributed by atoms with Crippen LogP contribution in [0.5, 0.6) is 0 Å². The van der Waals surface area contributed by atoms with Crippen LogP contribution < -0.4 is 10.3 Å².